The highest BCUT2D eigenvalue weighted by Gasteiger charge is 2.12. The van der Waals surface area contributed by atoms with E-state index in [1.807, 2.05) is 54.6 Å². The van der Waals surface area contributed by atoms with Gasteiger partial charge >= 0.3 is 5.97 Å². The molecule has 2 aromatic heterocycles. The second kappa shape index (κ2) is 12.2. The fourth-order valence-corrected chi connectivity index (χ4v) is 2.73. The quantitative estimate of drug-likeness (QED) is 0.380. The summed E-state index contributed by atoms with van der Waals surface area (Å²) in [6.45, 7) is 0. The molecule has 0 spiro atoms. The molecule has 4 rings (SSSR count). The first-order valence-corrected chi connectivity index (χ1v) is 10.2. The minimum atomic E-state index is -1.11. The first-order chi connectivity index (χ1) is 17.0. The molecule has 0 bridgehead atoms. The van der Waals surface area contributed by atoms with E-state index < -0.39 is 5.97 Å². The summed E-state index contributed by atoms with van der Waals surface area (Å²) >= 11 is 0. The van der Waals surface area contributed by atoms with Gasteiger partial charge in [0, 0.05) is 12.1 Å². The number of nitrogens with zero attached hydrogens (tertiary/aromatic N) is 3. The number of aromatic nitrogens is 2. The summed E-state index contributed by atoms with van der Waals surface area (Å²) in [4.78, 5) is 18.5. The van der Waals surface area contributed by atoms with Crippen LogP contribution in [0.25, 0.3) is 0 Å². The maximum absolute atomic E-state index is 10.8. The number of rotatable bonds is 7. The van der Waals surface area contributed by atoms with Crippen LogP contribution in [0.3, 0.4) is 0 Å². The van der Waals surface area contributed by atoms with Crippen molar-refractivity contribution in [2.24, 2.45) is 0 Å². The minimum Gasteiger partial charge on any atom is -0.493 e. The fourth-order valence-electron chi connectivity index (χ4n) is 2.73. The van der Waals surface area contributed by atoms with Crippen molar-refractivity contribution in [1.82, 2.24) is 9.97 Å². The first kappa shape index (κ1) is 24.5. The lowest BCUT2D eigenvalue weighted by Gasteiger charge is -2.10. The lowest BCUT2D eigenvalue weighted by Crippen LogP contribution is -2.01. The topological polar surface area (TPSA) is 124 Å². The van der Waals surface area contributed by atoms with E-state index in [-0.39, 0.29) is 5.69 Å². The lowest BCUT2D eigenvalue weighted by molar-refractivity contribution is 0.0690. The number of hydrogen-bond donors (Lipinski definition) is 1. The zero-order valence-corrected chi connectivity index (χ0v) is 18.9. The molecular formula is C26H21N3O6. The Balaban J connectivity index is 0.000000196. The third-order valence-electron chi connectivity index (χ3n) is 4.38. The number of nitriles is 1. The molecule has 0 fully saturated rings. The van der Waals surface area contributed by atoms with E-state index in [4.69, 9.17) is 29.3 Å². The molecule has 0 saturated heterocycles. The SMILES string of the molecule is COc1cc(C#N)ncc1Oc1ccccc1.COc1cc(C(=O)O)ncc1Oc1ccccc1. The number of pyridine rings is 2. The van der Waals surface area contributed by atoms with Gasteiger partial charge in [-0.2, -0.15) is 5.26 Å². The second-order valence-corrected chi connectivity index (χ2v) is 6.69. The number of methoxy groups -OCH3 is 2. The number of carbonyl (C=O) groups is 1. The van der Waals surface area contributed by atoms with Crippen LogP contribution in [0.1, 0.15) is 16.2 Å². The molecule has 0 aliphatic carbocycles. The van der Waals surface area contributed by atoms with E-state index in [1.165, 1.54) is 38.7 Å². The Morgan fingerprint density at radius 2 is 1.26 bits per heavy atom. The molecule has 0 saturated carbocycles. The van der Waals surface area contributed by atoms with E-state index in [0.29, 0.717) is 40.2 Å². The molecular weight excluding hydrogens is 450 g/mol. The van der Waals surface area contributed by atoms with Gasteiger partial charge in [-0.3, -0.25) is 0 Å². The predicted octanol–water partition coefficient (Wildman–Crippen LogP) is 5.33. The van der Waals surface area contributed by atoms with Gasteiger partial charge < -0.3 is 24.1 Å². The van der Waals surface area contributed by atoms with Gasteiger partial charge in [-0.15, -0.1) is 0 Å². The molecule has 9 heteroatoms. The van der Waals surface area contributed by atoms with Gasteiger partial charge in [0.05, 0.1) is 26.6 Å². The van der Waals surface area contributed by atoms with Crippen LogP contribution in [0, 0.1) is 11.3 Å². The van der Waals surface area contributed by atoms with Crippen molar-refractivity contribution in [3.05, 3.63) is 96.6 Å². The third kappa shape index (κ3) is 6.94. The molecule has 0 amide bonds. The highest BCUT2D eigenvalue weighted by Crippen LogP contribution is 2.31. The van der Waals surface area contributed by atoms with E-state index in [2.05, 4.69) is 9.97 Å². The second-order valence-electron chi connectivity index (χ2n) is 6.69. The van der Waals surface area contributed by atoms with Gasteiger partial charge in [-0.05, 0) is 24.3 Å². The molecule has 0 aliphatic heterocycles. The number of carboxylic acid groups (broad SMARTS) is 1. The van der Waals surface area contributed by atoms with Gasteiger partial charge in [0.1, 0.15) is 23.3 Å². The summed E-state index contributed by atoms with van der Waals surface area (Å²) in [5.41, 5.74) is 0.203. The molecule has 176 valence electrons. The van der Waals surface area contributed by atoms with Gasteiger partial charge in [0.25, 0.3) is 0 Å². The van der Waals surface area contributed by atoms with Crippen molar-refractivity contribution in [3.63, 3.8) is 0 Å². The van der Waals surface area contributed by atoms with Crippen molar-refractivity contribution >= 4 is 5.97 Å². The number of ether oxygens (including phenoxy) is 4. The number of carboxylic acids is 1. The van der Waals surface area contributed by atoms with Crippen LogP contribution in [-0.4, -0.2) is 35.3 Å². The smallest absolute Gasteiger partial charge is 0.354 e. The van der Waals surface area contributed by atoms with Crippen molar-refractivity contribution in [1.29, 1.82) is 5.26 Å². The molecule has 0 atom stereocenters. The molecule has 0 radical (unpaired) electrons. The van der Waals surface area contributed by atoms with Crippen molar-refractivity contribution in [3.8, 4) is 40.6 Å². The molecule has 2 heterocycles. The third-order valence-corrected chi connectivity index (χ3v) is 4.38. The Morgan fingerprint density at radius 3 is 1.71 bits per heavy atom. The zero-order chi connectivity index (χ0) is 25.0. The largest absolute Gasteiger partial charge is 0.493 e. The van der Waals surface area contributed by atoms with Crippen LogP contribution >= 0.6 is 0 Å². The molecule has 35 heavy (non-hydrogen) atoms. The van der Waals surface area contributed by atoms with Crippen LogP contribution in [-0.2, 0) is 0 Å². The van der Waals surface area contributed by atoms with Crippen LogP contribution in [0.15, 0.2) is 85.2 Å². The average molecular weight is 471 g/mol. The summed E-state index contributed by atoms with van der Waals surface area (Å²) < 4.78 is 21.4. The Hall–Kier alpha value is -5.10. The first-order valence-electron chi connectivity index (χ1n) is 10.2. The molecule has 1 N–H and O–H groups in total. The lowest BCUT2D eigenvalue weighted by atomic mass is 10.3. The van der Waals surface area contributed by atoms with Crippen LogP contribution in [0.2, 0.25) is 0 Å². The average Bonchev–Trinajstić information content (AvgIpc) is 2.90. The molecule has 4 aromatic rings. The van der Waals surface area contributed by atoms with E-state index in [1.54, 1.807) is 12.1 Å². The molecule has 0 unspecified atom stereocenters. The maximum Gasteiger partial charge on any atom is 0.354 e. The summed E-state index contributed by atoms with van der Waals surface area (Å²) in [7, 11) is 2.97. The molecule has 2 aromatic carbocycles. The van der Waals surface area contributed by atoms with Gasteiger partial charge in [0.2, 0.25) is 0 Å². The van der Waals surface area contributed by atoms with E-state index in [9.17, 15) is 4.79 Å². The number of benzene rings is 2. The van der Waals surface area contributed by atoms with E-state index in [0.717, 1.165) is 0 Å². The van der Waals surface area contributed by atoms with Crippen molar-refractivity contribution in [2.75, 3.05) is 14.2 Å². The summed E-state index contributed by atoms with van der Waals surface area (Å²) in [5, 5.41) is 17.6. The summed E-state index contributed by atoms with van der Waals surface area (Å²) in [5.74, 6) is 1.87. The standard InChI is InChI=1S/C13H10N2O2.C13H11NO4/c1-16-12-7-10(8-14)15-9-13(12)17-11-5-3-2-4-6-11;1-17-11-7-10(13(15)16)14-8-12(11)18-9-5-3-2-4-6-9/h2-7,9H,1H3;2-8H,1H3,(H,15,16). The minimum absolute atomic E-state index is 0.0905. The zero-order valence-electron chi connectivity index (χ0n) is 18.9. The van der Waals surface area contributed by atoms with Crippen LogP contribution in [0.5, 0.6) is 34.5 Å². The Morgan fingerprint density at radius 1 is 0.771 bits per heavy atom. The fraction of sp³-hybridized carbons (Fsp3) is 0.0769. The van der Waals surface area contributed by atoms with Crippen molar-refractivity contribution < 1.29 is 28.8 Å². The summed E-state index contributed by atoms with van der Waals surface area (Å²) in [6.07, 6.45) is 2.81. The van der Waals surface area contributed by atoms with Crippen molar-refractivity contribution in [2.45, 2.75) is 0 Å². The highest BCUT2D eigenvalue weighted by molar-refractivity contribution is 5.86. The molecule has 9 nitrogen and oxygen atoms in total. The highest BCUT2D eigenvalue weighted by atomic mass is 16.5. The van der Waals surface area contributed by atoms with Crippen LogP contribution < -0.4 is 18.9 Å². The normalized spacial score (nSPS) is 9.63. The number of para-hydroxylation sites is 2. The summed E-state index contributed by atoms with van der Waals surface area (Å²) in [6, 6.07) is 23.2. The van der Waals surface area contributed by atoms with Gasteiger partial charge in [0.15, 0.2) is 28.7 Å². The van der Waals surface area contributed by atoms with E-state index >= 15 is 0 Å². The van der Waals surface area contributed by atoms with Gasteiger partial charge in [-0.1, -0.05) is 36.4 Å². The van der Waals surface area contributed by atoms with Crippen LogP contribution in [0.4, 0.5) is 0 Å². The number of aromatic carboxylic acids is 1. The predicted molar refractivity (Wildman–Crippen MR) is 126 cm³/mol. The van der Waals surface area contributed by atoms with Gasteiger partial charge in [-0.25, -0.2) is 14.8 Å². The Labute approximate surface area is 201 Å². The Kier molecular flexibility index (Phi) is 8.57. The maximum atomic E-state index is 10.8. The number of hydrogen-bond acceptors (Lipinski definition) is 8. The monoisotopic (exact) mass is 471 g/mol. The Bertz CT molecular complexity index is 1310. The molecule has 0 aliphatic rings.